The molecule has 5 rings (SSSR count). The van der Waals surface area contributed by atoms with E-state index >= 15 is 0 Å². The van der Waals surface area contributed by atoms with E-state index in [2.05, 4.69) is 5.32 Å². The Bertz CT molecular complexity index is 1600. The molecule has 0 spiro atoms. The summed E-state index contributed by atoms with van der Waals surface area (Å²) in [6.45, 7) is 1.68. The van der Waals surface area contributed by atoms with Gasteiger partial charge in [0, 0.05) is 34.9 Å². The highest BCUT2D eigenvalue weighted by Crippen LogP contribution is 2.49. The van der Waals surface area contributed by atoms with Crippen molar-refractivity contribution in [3.05, 3.63) is 99.7 Å². The molecular formula is C32H28ClF3N2O4. The molecule has 1 N–H and O–H groups in total. The van der Waals surface area contributed by atoms with Crippen LogP contribution in [-0.2, 0) is 15.8 Å². The van der Waals surface area contributed by atoms with Crippen molar-refractivity contribution >= 4 is 34.7 Å². The Hall–Kier alpha value is -4.11. The molecule has 0 bridgehead atoms. The number of carbonyl (C=O) groups excluding carboxylic acids is 2. The predicted molar refractivity (Wildman–Crippen MR) is 154 cm³/mol. The van der Waals surface area contributed by atoms with Crippen LogP contribution in [0.25, 0.3) is 0 Å². The van der Waals surface area contributed by atoms with E-state index in [4.69, 9.17) is 26.1 Å². The van der Waals surface area contributed by atoms with Gasteiger partial charge in [-0.15, -0.1) is 0 Å². The summed E-state index contributed by atoms with van der Waals surface area (Å²) in [5, 5.41) is 2.52. The van der Waals surface area contributed by atoms with E-state index in [-0.39, 0.29) is 28.8 Å². The monoisotopic (exact) mass is 596 g/mol. The number of rotatable bonds is 6. The standard InChI is InChI=1S/C32H28ClF3N2O4/c1-17-28(31(40)38-24-15-20(32(34,35)36)9-11-23(24)33)29(22-16-21(41-2)10-12-27(22)42-3)30-25(37-17)13-19(14-26(30)39)18-7-5-4-6-8-18/h4-12,15-16,19,28-29H,13-14H2,1-3H3,(H,38,40)/t19-,28?,29-/m1/s1. The highest BCUT2D eigenvalue weighted by molar-refractivity contribution is 6.34. The van der Waals surface area contributed by atoms with Crippen LogP contribution in [0, 0.1) is 5.92 Å². The lowest BCUT2D eigenvalue weighted by atomic mass is 9.68. The molecule has 0 radical (unpaired) electrons. The zero-order chi connectivity index (χ0) is 30.2. The van der Waals surface area contributed by atoms with Crippen molar-refractivity contribution in [2.45, 2.75) is 37.8 Å². The van der Waals surface area contributed by atoms with Crippen LogP contribution in [0.15, 0.2) is 83.0 Å². The minimum absolute atomic E-state index is 0.0587. The first-order valence-electron chi connectivity index (χ1n) is 13.3. The second kappa shape index (κ2) is 11.6. The third kappa shape index (κ3) is 5.66. The van der Waals surface area contributed by atoms with Crippen molar-refractivity contribution in [1.82, 2.24) is 0 Å². The first-order chi connectivity index (χ1) is 20.0. The molecule has 2 aliphatic rings. The number of ketones is 1. The number of allylic oxidation sites excluding steroid dienone is 2. The highest BCUT2D eigenvalue weighted by atomic mass is 35.5. The van der Waals surface area contributed by atoms with Crippen LogP contribution >= 0.6 is 11.6 Å². The van der Waals surface area contributed by atoms with E-state index in [0.717, 1.165) is 23.8 Å². The van der Waals surface area contributed by atoms with E-state index in [1.165, 1.54) is 14.2 Å². The Balaban J connectivity index is 1.62. The first kappa shape index (κ1) is 29.4. The van der Waals surface area contributed by atoms with E-state index < -0.39 is 29.5 Å². The molecule has 1 aliphatic heterocycles. The van der Waals surface area contributed by atoms with Crippen molar-refractivity contribution < 1.29 is 32.2 Å². The Morgan fingerprint density at radius 3 is 2.40 bits per heavy atom. The van der Waals surface area contributed by atoms with Gasteiger partial charge in [-0.3, -0.25) is 14.6 Å². The summed E-state index contributed by atoms with van der Waals surface area (Å²) in [7, 11) is 2.98. The normalized spacial score (nSPS) is 20.5. The predicted octanol–water partition coefficient (Wildman–Crippen LogP) is 7.59. The second-order valence-corrected chi connectivity index (χ2v) is 10.7. The second-order valence-electron chi connectivity index (χ2n) is 10.3. The van der Waals surface area contributed by atoms with Crippen LogP contribution in [0.2, 0.25) is 5.02 Å². The van der Waals surface area contributed by atoms with Gasteiger partial charge in [-0.1, -0.05) is 41.9 Å². The molecule has 1 aliphatic carbocycles. The van der Waals surface area contributed by atoms with Crippen LogP contribution in [0.5, 0.6) is 11.5 Å². The van der Waals surface area contributed by atoms with Gasteiger partial charge in [-0.2, -0.15) is 13.2 Å². The molecule has 1 unspecified atom stereocenters. The highest BCUT2D eigenvalue weighted by Gasteiger charge is 2.45. The topological polar surface area (TPSA) is 77.0 Å². The summed E-state index contributed by atoms with van der Waals surface area (Å²) in [5.41, 5.74) is 1.76. The number of ether oxygens (including phenoxy) is 2. The molecule has 1 heterocycles. The first-order valence-corrected chi connectivity index (χ1v) is 13.7. The molecule has 3 atom stereocenters. The van der Waals surface area contributed by atoms with Crippen molar-refractivity contribution in [3.63, 3.8) is 0 Å². The lowest BCUT2D eigenvalue weighted by molar-refractivity contribution is -0.137. The molecular weight excluding hydrogens is 569 g/mol. The fraction of sp³-hybridized carbons (Fsp3) is 0.281. The number of benzene rings is 3. The smallest absolute Gasteiger partial charge is 0.416 e. The molecule has 0 saturated carbocycles. The van der Waals surface area contributed by atoms with Crippen molar-refractivity contribution in [1.29, 1.82) is 0 Å². The van der Waals surface area contributed by atoms with E-state index in [9.17, 15) is 22.8 Å². The SMILES string of the molecule is COc1ccc(OC)c([C@H]2C3=C(C[C@@H](c4ccccc4)CC3=O)N=C(C)C2C(=O)Nc2cc(C(F)(F)F)ccc2Cl)c1. The summed E-state index contributed by atoms with van der Waals surface area (Å²) in [6, 6.07) is 17.5. The lowest BCUT2D eigenvalue weighted by Crippen LogP contribution is -2.40. The van der Waals surface area contributed by atoms with Crippen LogP contribution in [0.4, 0.5) is 18.9 Å². The van der Waals surface area contributed by atoms with Crippen molar-refractivity contribution in [3.8, 4) is 11.5 Å². The number of halogens is 4. The number of amides is 1. The molecule has 3 aromatic rings. The molecule has 0 saturated heterocycles. The summed E-state index contributed by atoms with van der Waals surface area (Å²) in [4.78, 5) is 32.6. The zero-order valence-corrected chi connectivity index (χ0v) is 23.8. The number of hydrogen-bond acceptors (Lipinski definition) is 5. The summed E-state index contributed by atoms with van der Waals surface area (Å²) >= 11 is 6.20. The van der Waals surface area contributed by atoms with Gasteiger partial charge in [0.1, 0.15) is 11.5 Å². The van der Waals surface area contributed by atoms with Gasteiger partial charge in [-0.05, 0) is 61.2 Å². The Morgan fingerprint density at radius 1 is 1.00 bits per heavy atom. The maximum Gasteiger partial charge on any atom is 0.416 e. The number of carbonyl (C=O) groups is 2. The van der Waals surface area contributed by atoms with E-state index in [1.54, 1.807) is 25.1 Å². The fourth-order valence-corrected chi connectivity index (χ4v) is 5.95. The van der Waals surface area contributed by atoms with Crippen LogP contribution in [-0.4, -0.2) is 31.6 Å². The summed E-state index contributed by atoms with van der Waals surface area (Å²) in [5.74, 6) is -1.88. The van der Waals surface area contributed by atoms with Gasteiger partial charge in [-0.25, -0.2) is 0 Å². The lowest BCUT2D eigenvalue weighted by Gasteiger charge is -2.37. The molecule has 10 heteroatoms. The molecule has 1 amide bonds. The zero-order valence-electron chi connectivity index (χ0n) is 23.1. The van der Waals surface area contributed by atoms with Gasteiger partial charge in [0.15, 0.2) is 5.78 Å². The molecule has 218 valence electrons. The van der Waals surface area contributed by atoms with Crippen LogP contribution in [0.1, 0.15) is 48.3 Å². The van der Waals surface area contributed by atoms with Gasteiger partial charge >= 0.3 is 6.18 Å². The van der Waals surface area contributed by atoms with Gasteiger partial charge in [0.25, 0.3) is 0 Å². The Morgan fingerprint density at radius 2 is 1.74 bits per heavy atom. The molecule has 6 nitrogen and oxygen atoms in total. The van der Waals surface area contributed by atoms with Crippen molar-refractivity contribution in [2.24, 2.45) is 10.9 Å². The molecule has 0 fully saturated rings. The molecule has 42 heavy (non-hydrogen) atoms. The Labute approximate surface area is 246 Å². The fourth-order valence-electron chi connectivity index (χ4n) is 5.79. The number of aliphatic imine (C=N–C) groups is 1. The van der Waals surface area contributed by atoms with Gasteiger partial charge in [0.05, 0.1) is 36.4 Å². The minimum Gasteiger partial charge on any atom is -0.497 e. The third-order valence-corrected chi connectivity index (χ3v) is 8.10. The molecule has 3 aromatic carbocycles. The van der Waals surface area contributed by atoms with Crippen LogP contribution in [0.3, 0.4) is 0 Å². The number of methoxy groups -OCH3 is 2. The van der Waals surface area contributed by atoms with E-state index in [1.807, 2.05) is 30.3 Å². The quantitative estimate of drug-likeness (QED) is 0.318. The average Bonchev–Trinajstić information content (AvgIpc) is 2.96. The largest absolute Gasteiger partial charge is 0.497 e. The minimum atomic E-state index is -4.63. The maximum atomic E-state index is 14.0. The number of anilines is 1. The third-order valence-electron chi connectivity index (χ3n) is 7.77. The number of nitrogens with one attached hydrogen (secondary N) is 1. The number of alkyl halides is 3. The summed E-state index contributed by atoms with van der Waals surface area (Å²) < 4.78 is 51.4. The number of Topliss-reactive ketones (excluding diaryl/α,β-unsaturated/α-hetero) is 1. The number of hydrogen-bond donors (Lipinski definition) is 1. The van der Waals surface area contributed by atoms with Gasteiger partial charge in [0.2, 0.25) is 5.91 Å². The summed E-state index contributed by atoms with van der Waals surface area (Å²) in [6.07, 6.45) is -3.93. The van der Waals surface area contributed by atoms with E-state index in [0.29, 0.717) is 40.5 Å². The molecule has 0 aromatic heterocycles. The average molecular weight is 597 g/mol. The Kier molecular flexibility index (Phi) is 8.14. The maximum absolute atomic E-state index is 14.0. The number of nitrogens with zero attached hydrogens (tertiary/aromatic N) is 1. The van der Waals surface area contributed by atoms with Crippen LogP contribution < -0.4 is 14.8 Å². The van der Waals surface area contributed by atoms with Crippen molar-refractivity contribution in [2.75, 3.05) is 19.5 Å². The van der Waals surface area contributed by atoms with Gasteiger partial charge < -0.3 is 14.8 Å².